The van der Waals surface area contributed by atoms with Crippen LogP contribution in [0.1, 0.15) is 16.1 Å². The number of halogens is 3. The molecule has 0 radical (unpaired) electrons. The van der Waals surface area contributed by atoms with Gasteiger partial charge >= 0.3 is 0 Å². The number of rotatable bonds is 6. The summed E-state index contributed by atoms with van der Waals surface area (Å²) >= 11 is 0. The van der Waals surface area contributed by atoms with Crippen LogP contribution in [0.3, 0.4) is 0 Å². The molecule has 0 aliphatic carbocycles. The number of aromatic nitrogens is 3. The van der Waals surface area contributed by atoms with Crippen molar-refractivity contribution in [3.63, 3.8) is 0 Å². The fourth-order valence-corrected chi connectivity index (χ4v) is 2.98. The van der Waals surface area contributed by atoms with Gasteiger partial charge in [-0.1, -0.05) is 6.07 Å². The lowest BCUT2D eigenvalue weighted by Crippen LogP contribution is -2.18. The van der Waals surface area contributed by atoms with Crippen molar-refractivity contribution in [2.24, 2.45) is 0 Å². The van der Waals surface area contributed by atoms with Crippen molar-refractivity contribution in [1.82, 2.24) is 15.0 Å². The molecule has 0 aliphatic rings. The molecule has 4 rings (SSSR count). The van der Waals surface area contributed by atoms with Gasteiger partial charge in [-0.15, -0.1) is 0 Å². The molecule has 7 nitrogen and oxygen atoms in total. The summed E-state index contributed by atoms with van der Waals surface area (Å²) in [6.45, 7) is 0.226. The minimum absolute atomic E-state index is 0.206. The smallest absolute Gasteiger partial charge is 0.276 e. The number of pyridine rings is 2. The summed E-state index contributed by atoms with van der Waals surface area (Å²) < 4.78 is 48.4. The van der Waals surface area contributed by atoms with Gasteiger partial charge in [-0.05, 0) is 18.2 Å². The highest BCUT2D eigenvalue weighted by atomic mass is 19.1. The maximum atomic E-state index is 14.4. The van der Waals surface area contributed by atoms with Crippen molar-refractivity contribution >= 4 is 17.3 Å². The summed E-state index contributed by atoms with van der Waals surface area (Å²) in [6, 6.07) is 7.21. The van der Waals surface area contributed by atoms with E-state index in [9.17, 15) is 18.0 Å². The van der Waals surface area contributed by atoms with E-state index in [2.05, 4.69) is 20.3 Å². The van der Waals surface area contributed by atoms with E-state index in [1.54, 1.807) is 18.5 Å². The first-order chi connectivity index (χ1) is 15.4. The molecule has 32 heavy (non-hydrogen) atoms. The van der Waals surface area contributed by atoms with Gasteiger partial charge in [-0.2, -0.15) is 0 Å². The normalized spacial score (nSPS) is 10.7. The first kappa shape index (κ1) is 20.9. The van der Waals surface area contributed by atoms with Crippen molar-refractivity contribution in [3.05, 3.63) is 89.9 Å². The van der Waals surface area contributed by atoms with Crippen LogP contribution in [0.2, 0.25) is 0 Å². The lowest BCUT2D eigenvalue weighted by molar-refractivity contribution is 0.102. The summed E-state index contributed by atoms with van der Waals surface area (Å²) in [5.74, 6) is -3.64. The number of anilines is 2. The molecule has 0 bridgehead atoms. The zero-order chi connectivity index (χ0) is 22.7. The van der Waals surface area contributed by atoms with Gasteiger partial charge in [0.2, 0.25) is 0 Å². The van der Waals surface area contributed by atoms with Gasteiger partial charge in [-0.3, -0.25) is 9.78 Å². The highest BCUT2D eigenvalue weighted by molar-refractivity contribution is 6.07. The SMILES string of the molecule is Nc1cc(F)c(-c2c(F)cccc2F)nc1C(=O)Nc1cnccc1OCc1cc[nH]c1. The Morgan fingerprint density at radius 2 is 1.91 bits per heavy atom. The van der Waals surface area contributed by atoms with Crippen molar-refractivity contribution in [2.75, 3.05) is 11.1 Å². The van der Waals surface area contributed by atoms with Gasteiger partial charge < -0.3 is 20.8 Å². The first-order valence-electron chi connectivity index (χ1n) is 9.34. The molecule has 4 N–H and O–H groups in total. The number of nitrogens with one attached hydrogen (secondary N) is 2. The lowest BCUT2D eigenvalue weighted by Gasteiger charge is -2.13. The second kappa shape index (κ2) is 8.80. The Balaban J connectivity index is 1.63. The largest absolute Gasteiger partial charge is 0.487 e. The zero-order valence-corrected chi connectivity index (χ0v) is 16.4. The second-order valence-electron chi connectivity index (χ2n) is 6.69. The molecule has 162 valence electrons. The second-order valence-corrected chi connectivity index (χ2v) is 6.69. The number of carbonyl (C=O) groups is 1. The number of benzene rings is 1. The molecule has 1 aromatic carbocycles. The monoisotopic (exact) mass is 439 g/mol. The Hall–Kier alpha value is -4.34. The number of hydrogen-bond donors (Lipinski definition) is 3. The minimum atomic E-state index is -1.07. The van der Waals surface area contributed by atoms with Crippen LogP contribution in [0, 0.1) is 17.5 Å². The van der Waals surface area contributed by atoms with Crippen molar-refractivity contribution in [3.8, 4) is 17.0 Å². The summed E-state index contributed by atoms with van der Waals surface area (Å²) in [6.07, 6.45) is 6.33. The molecule has 0 unspecified atom stereocenters. The maximum Gasteiger partial charge on any atom is 0.276 e. The van der Waals surface area contributed by atoms with Crippen LogP contribution in [0.5, 0.6) is 5.75 Å². The van der Waals surface area contributed by atoms with Crippen LogP contribution < -0.4 is 15.8 Å². The van der Waals surface area contributed by atoms with E-state index in [0.29, 0.717) is 5.75 Å². The van der Waals surface area contributed by atoms with Gasteiger partial charge in [0.25, 0.3) is 5.91 Å². The topological polar surface area (TPSA) is 106 Å². The molecule has 1 amide bonds. The van der Waals surface area contributed by atoms with E-state index in [1.807, 2.05) is 6.07 Å². The molecule has 0 spiro atoms. The fourth-order valence-electron chi connectivity index (χ4n) is 2.98. The van der Waals surface area contributed by atoms with Crippen molar-refractivity contribution in [1.29, 1.82) is 0 Å². The molecule has 10 heteroatoms. The van der Waals surface area contributed by atoms with Gasteiger partial charge in [0, 0.05) is 36.3 Å². The maximum absolute atomic E-state index is 14.4. The summed E-state index contributed by atoms with van der Waals surface area (Å²) in [5.41, 5.74) is 4.75. The van der Waals surface area contributed by atoms with Gasteiger partial charge in [0.15, 0.2) is 11.5 Å². The number of H-pyrrole nitrogens is 1. The van der Waals surface area contributed by atoms with Crippen LogP contribution in [0.15, 0.2) is 61.2 Å². The summed E-state index contributed by atoms with van der Waals surface area (Å²) in [5, 5.41) is 2.54. The molecule has 0 saturated carbocycles. The van der Waals surface area contributed by atoms with Crippen molar-refractivity contribution in [2.45, 2.75) is 6.61 Å². The Bertz CT molecular complexity index is 1260. The third-order valence-electron chi connectivity index (χ3n) is 4.51. The fraction of sp³-hybridized carbons (Fsp3) is 0.0455. The molecular formula is C22H16F3N5O2. The van der Waals surface area contributed by atoms with E-state index < -0.39 is 40.3 Å². The number of nitrogen functional groups attached to an aromatic ring is 1. The van der Waals surface area contributed by atoms with Crippen LogP contribution in [-0.2, 0) is 6.61 Å². The average molecular weight is 439 g/mol. The van der Waals surface area contributed by atoms with E-state index in [4.69, 9.17) is 10.5 Å². The van der Waals surface area contributed by atoms with Crippen LogP contribution in [0.25, 0.3) is 11.3 Å². The zero-order valence-electron chi connectivity index (χ0n) is 16.4. The number of carbonyl (C=O) groups excluding carboxylic acids is 1. The number of nitrogens with two attached hydrogens (primary N) is 1. The van der Waals surface area contributed by atoms with Crippen LogP contribution in [0.4, 0.5) is 24.5 Å². The third kappa shape index (κ3) is 4.24. The Morgan fingerprint density at radius 1 is 1.12 bits per heavy atom. The number of aromatic amines is 1. The van der Waals surface area contributed by atoms with Gasteiger partial charge in [0.1, 0.15) is 35.4 Å². The van der Waals surface area contributed by atoms with E-state index in [0.717, 1.165) is 29.8 Å². The number of ether oxygens (including phenoxy) is 1. The Kier molecular flexibility index (Phi) is 5.75. The number of amides is 1. The minimum Gasteiger partial charge on any atom is -0.487 e. The Morgan fingerprint density at radius 3 is 2.62 bits per heavy atom. The number of nitrogens with zero attached hydrogens (tertiary/aromatic N) is 2. The highest BCUT2D eigenvalue weighted by Gasteiger charge is 2.22. The summed E-state index contributed by atoms with van der Waals surface area (Å²) in [4.78, 5) is 23.5. The average Bonchev–Trinajstić information content (AvgIpc) is 3.28. The van der Waals surface area contributed by atoms with E-state index in [1.165, 1.54) is 12.4 Å². The lowest BCUT2D eigenvalue weighted by atomic mass is 10.1. The molecular weight excluding hydrogens is 423 g/mol. The third-order valence-corrected chi connectivity index (χ3v) is 4.51. The molecule has 3 heterocycles. The predicted molar refractivity (Wildman–Crippen MR) is 111 cm³/mol. The number of hydrogen-bond acceptors (Lipinski definition) is 5. The molecule has 4 aromatic rings. The van der Waals surface area contributed by atoms with Gasteiger partial charge in [0.05, 0.1) is 17.4 Å². The van der Waals surface area contributed by atoms with E-state index in [-0.39, 0.29) is 18.0 Å². The van der Waals surface area contributed by atoms with E-state index >= 15 is 0 Å². The Labute approximate surface area is 180 Å². The predicted octanol–water partition coefficient (Wildman–Crippen LogP) is 4.30. The quantitative estimate of drug-likeness (QED) is 0.415. The molecule has 0 saturated heterocycles. The van der Waals surface area contributed by atoms with Crippen LogP contribution in [-0.4, -0.2) is 20.9 Å². The molecule has 3 aromatic heterocycles. The standard InChI is InChI=1S/C22H16F3N5O2/c23-13-2-1-3-14(24)19(13)20-15(25)8-16(26)21(30-20)22(31)29-17-10-28-7-5-18(17)32-11-12-4-6-27-9-12/h1-10,27H,11,26H2,(H,29,31). The molecule has 0 aliphatic heterocycles. The molecule has 0 atom stereocenters. The van der Waals surface area contributed by atoms with Gasteiger partial charge in [-0.25, -0.2) is 18.2 Å². The van der Waals surface area contributed by atoms with Crippen molar-refractivity contribution < 1.29 is 22.7 Å². The summed E-state index contributed by atoms with van der Waals surface area (Å²) in [7, 11) is 0. The first-order valence-corrected chi connectivity index (χ1v) is 9.34. The van der Waals surface area contributed by atoms with Crippen LogP contribution >= 0.6 is 0 Å². The molecule has 0 fully saturated rings. The highest BCUT2D eigenvalue weighted by Crippen LogP contribution is 2.30.